The molecule has 0 spiro atoms. The molecule has 6 nitrogen and oxygen atoms in total. The van der Waals surface area contributed by atoms with Crippen molar-refractivity contribution in [2.75, 3.05) is 18.4 Å². The van der Waals surface area contributed by atoms with Gasteiger partial charge >= 0.3 is 0 Å². The van der Waals surface area contributed by atoms with Crippen molar-refractivity contribution in [2.45, 2.75) is 20.4 Å². The topological polar surface area (TPSA) is 63.1 Å². The quantitative estimate of drug-likeness (QED) is 0.881. The van der Waals surface area contributed by atoms with Gasteiger partial charge in [0.05, 0.1) is 6.20 Å². The van der Waals surface area contributed by atoms with Crippen molar-refractivity contribution in [1.82, 2.24) is 19.9 Å². The summed E-state index contributed by atoms with van der Waals surface area (Å²) in [6.45, 7) is 7.18. The van der Waals surface area contributed by atoms with E-state index in [1.54, 1.807) is 7.05 Å². The van der Waals surface area contributed by atoms with Crippen molar-refractivity contribution in [2.24, 2.45) is 7.05 Å². The molecule has 0 aliphatic carbocycles. The van der Waals surface area contributed by atoms with E-state index in [9.17, 15) is 4.79 Å². The third kappa shape index (κ3) is 3.88. The van der Waals surface area contributed by atoms with E-state index in [4.69, 9.17) is 0 Å². The average molecular weight is 287 g/mol. The molecule has 1 amide bonds. The highest BCUT2D eigenvalue weighted by atomic mass is 16.2. The number of amides is 1. The standard InChI is InChI=1S/C15H21N5O/c1-4-20(5-2)11-12-7-6-8-13(9-12)17-15(21)14-10-16-18-19(14)3/h6-10H,4-5,11H2,1-3H3,(H,17,21). The van der Waals surface area contributed by atoms with Crippen LogP contribution in [-0.4, -0.2) is 38.9 Å². The first-order chi connectivity index (χ1) is 10.1. The van der Waals surface area contributed by atoms with E-state index < -0.39 is 0 Å². The maximum absolute atomic E-state index is 12.1. The smallest absolute Gasteiger partial charge is 0.275 e. The van der Waals surface area contributed by atoms with Crippen LogP contribution >= 0.6 is 0 Å². The Bertz CT molecular complexity index is 604. The van der Waals surface area contributed by atoms with E-state index in [0.717, 1.165) is 25.3 Å². The van der Waals surface area contributed by atoms with Gasteiger partial charge in [0.25, 0.3) is 5.91 Å². The minimum Gasteiger partial charge on any atom is -0.321 e. The van der Waals surface area contributed by atoms with Crippen molar-refractivity contribution in [3.05, 3.63) is 41.7 Å². The van der Waals surface area contributed by atoms with Crippen molar-refractivity contribution in [3.63, 3.8) is 0 Å². The highest BCUT2D eigenvalue weighted by Crippen LogP contribution is 2.13. The van der Waals surface area contributed by atoms with Crippen molar-refractivity contribution >= 4 is 11.6 Å². The molecule has 2 aromatic rings. The van der Waals surface area contributed by atoms with Gasteiger partial charge in [0.15, 0.2) is 0 Å². The lowest BCUT2D eigenvalue weighted by atomic mass is 10.2. The Morgan fingerprint density at radius 3 is 2.71 bits per heavy atom. The molecule has 0 aliphatic heterocycles. The number of aryl methyl sites for hydroxylation is 1. The van der Waals surface area contributed by atoms with Crippen molar-refractivity contribution in [1.29, 1.82) is 0 Å². The first-order valence-corrected chi connectivity index (χ1v) is 7.11. The van der Waals surface area contributed by atoms with Crippen LogP contribution in [0, 0.1) is 0 Å². The number of carbonyl (C=O) groups excluding carboxylic acids is 1. The van der Waals surface area contributed by atoms with Crippen LogP contribution in [0.1, 0.15) is 29.9 Å². The first-order valence-electron chi connectivity index (χ1n) is 7.11. The number of hydrogen-bond acceptors (Lipinski definition) is 4. The zero-order valence-electron chi connectivity index (χ0n) is 12.7. The van der Waals surface area contributed by atoms with Gasteiger partial charge < -0.3 is 5.32 Å². The highest BCUT2D eigenvalue weighted by Gasteiger charge is 2.11. The Balaban J connectivity index is 2.07. The number of rotatable bonds is 6. The maximum atomic E-state index is 12.1. The lowest BCUT2D eigenvalue weighted by molar-refractivity contribution is 0.101. The van der Waals surface area contributed by atoms with Crippen LogP contribution in [0.4, 0.5) is 5.69 Å². The Labute approximate surface area is 124 Å². The van der Waals surface area contributed by atoms with Gasteiger partial charge in [-0.2, -0.15) is 0 Å². The lowest BCUT2D eigenvalue weighted by Crippen LogP contribution is -2.22. The van der Waals surface area contributed by atoms with Gasteiger partial charge in [-0.25, -0.2) is 4.68 Å². The molecule has 0 atom stereocenters. The molecule has 6 heteroatoms. The molecule has 0 saturated heterocycles. The number of carbonyl (C=O) groups is 1. The van der Waals surface area contributed by atoms with Crippen LogP contribution in [0.3, 0.4) is 0 Å². The molecule has 0 saturated carbocycles. The summed E-state index contributed by atoms with van der Waals surface area (Å²) in [4.78, 5) is 14.4. The molecule has 21 heavy (non-hydrogen) atoms. The molecule has 0 aliphatic rings. The minimum absolute atomic E-state index is 0.206. The second-order valence-corrected chi connectivity index (χ2v) is 4.86. The predicted molar refractivity (Wildman–Crippen MR) is 82.0 cm³/mol. The monoisotopic (exact) mass is 287 g/mol. The van der Waals surface area contributed by atoms with E-state index in [1.807, 2.05) is 18.2 Å². The molecule has 0 radical (unpaired) electrons. The normalized spacial score (nSPS) is 10.9. The summed E-state index contributed by atoms with van der Waals surface area (Å²) in [6.07, 6.45) is 1.45. The Kier molecular flexibility index (Phi) is 5.05. The van der Waals surface area contributed by atoms with Crippen LogP contribution in [0.25, 0.3) is 0 Å². The van der Waals surface area contributed by atoms with E-state index in [-0.39, 0.29) is 5.91 Å². The molecule has 0 bridgehead atoms. The Morgan fingerprint density at radius 2 is 2.10 bits per heavy atom. The third-order valence-electron chi connectivity index (χ3n) is 3.43. The molecule has 1 aromatic heterocycles. The van der Waals surface area contributed by atoms with Gasteiger partial charge in [-0.3, -0.25) is 9.69 Å². The Hall–Kier alpha value is -2.21. The molecular formula is C15H21N5O. The van der Waals surface area contributed by atoms with Crippen LogP contribution in [0.15, 0.2) is 30.5 Å². The molecule has 1 heterocycles. The van der Waals surface area contributed by atoms with Gasteiger partial charge in [0, 0.05) is 19.3 Å². The van der Waals surface area contributed by atoms with Crippen LogP contribution in [-0.2, 0) is 13.6 Å². The summed E-state index contributed by atoms with van der Waals surface area (Å²) in [5, 5.41) is 10.3. The SMILES string of the molecule is CCN(CC)Cc1cccc(NC(=O)c2cnnn2C)c1. The molecule has 1 N–H and O–H groups in total. The Morgan fingerprint density at radius 1 is 1.33 bits per heavy atom. The van der Waals surface area contributed by atoms with Crippen LogP contribution < -0.4 is 5.32 Å². The molecule has 0 fully saturated rings. The second-order valence-electron chi connectivity index (χ2n) is 4.86. The summed E-state index contributed by atoms with van der Waals surface area (Å²) in [5.41, 5.74) is 2.40. The molecule has 2 rings (SSSR count). The minimum atomic E-state index is -0.206. The fourth-order valence-corrected chi connectivity index (χ4v) is 2.14. The molecule has 0 unspecified atom stereocenters. The predicted octanol–water partition coefficient (Wildman–Crippen LogP) is 1.91. The van der Waals surface area contributed by atoms with Gasteiger partial charge in [-0.1, -0.05) is 31.2 Å². The molecular weight excluding hydrogens is 266 g/mol. The van der Waals surface area contributed by atoms with E-state index in [0.29, 0.717) is 5.69 Å². The van der Waals surface area contributed by atoms with Gasteiger partial charge in [-0.15, -0.1) is 5.10 Å². The fourth-order valence-electron chi connectivity index (χ4n) is 2.14. The number of nitrogens with zero attached hydrogens (tertiary/aromatic N) is 4. The van der Waals surface area contributed by atoms with E-state index in [1.165, 1.54) is 16.4 Å². The van der Waals surface area contributed by atoms with E-state index in [2.05, 4.69) is 40.4 Å². The number of hydrogen-bond donors (Lipinski definition) is 1. The number of aromatic nitrogens is 3. The average Bonchev–Trinajstić information content (AvgIpc) is 2.91. The van der Waals surface area contributed by atoms with Crippen LogP contribution in [0.5, 0.6) is 0 Å². The van der Waals surface area contributed by atoms with E-state index >= 15 is 0 Å². The zero-order valence-corrected chi connectivity index (χ0v) is 12.7. The number of nitrogens with one attached hydrogen (secondary N) is 1. The summed E-state index contributed by atoms with van der Waals surface area (Å²) < 4.78 is 1.45. The molecule has 1 aromatic carbocycles. The summed E-state index contributed by atoms with van der Waals surface area (Å²) in [5.74, 6) is -0.206. The third-order valence-corrected chi connectivity index (χ3v) is 3.43. The number of benzene rings is 1. The van der Waals surface area contributed by atoms with Gasteiger partial charge in [-0.05, 0) is 30.8 Å². The largest absolute Gasteiger partial charge is 0.321 e. The fraction of sp³-hybridized carbons (Fsp3) is 0.400. The summed E-state index contributed by atoms with van der Waals surface area (Å²) >= 11 is 0. The lowest BCUT2D eigenvalue weighted by Gasteiger charge is -2.18. The van der Waals surface area contributed by atoms with Gasteiger partial charge in [0.1, 0.15) is 5.69 Å². The molecule has 112 valence electrons. The summed E-state index contributed by atoms with van der Waals surface area (Å²) in [7, 11) is 1.69. The van der Waals surface area contributed by atoms with Crippen LogP contribution in [0.2, 0.25) is 0 Å². The van der Waals surface area contributed by atoms with Gasteiger partial charge in [0.2, 0.25) is 0 Å². The second kappa shape index (κ2) is 6.99. The maximum Gasteiger partial charge on any atom is 0.275 e. The summed E-state index contributed by atoms with van der Waals surface area (Å²) in [6, 6.07) is 7.91. The number of anilines is 1. The highest BCUT2D eigenvalue weighted by molar-refractivity contribution is 6.02. The van der Waals surface area contributed by atoms with Crippen molar-refractivity contribution in [3.8, 4) is 0 Å². The van der Waals surface area contributed by atoms with Crippen molar-refractivity contribution < 1.29 is 4.79 Å². The first kappa shape index (κ1) is 15.2. The zero-order chi connectivity index (χ0) is 15.2.